The van der Waals surface area contributed by atoms with E-state index < -0.39 is 24.2 Å². The van der Waals surface area contributed by atoms with E-state index in [1.165, 1.54) is 0 Å². The third-order valence-electron chi connectivity index (χ3n) is 6.65. The second kappa shape index (κ2) is 9.50. The number of aliphatic hydroxyl groups excluding tert-OH is 1. The van der Waals surface area contributed by atoms with Gasteiger partial charge in [-0.15, -0.1) is 0 Å². The molecule has 4 unspecified atom stereocenters. The molecule has 0 spiro atoms. The molecule has 4 nitrogen and oxygen atoms in total. The molecular formula is C22H36F2O4. The van der Waals surface area contributed by atoms with E-state index in [-0.39, 0.29) is 30.1 Å². The van der Waals surface area contributed by atoms with Crippen LogP contribution in [-0.2, 0) is 14.2 Å². The average molecular weight is 403 g/mol. The lowest BCUT2D eigenvalue weighted by atomic mass is 9.85. The van der Waals surface area contributed by atoms with Gasteiger partial charge in [-0.3, -0.25) is 0 Å². The van der Waals surface area contributed by atoms with Crippen molar-refractivity contribution in [3.05, 3.63) is 12.2 Å². The van der Waals surface area contributed by atoms with E-state index in [1.54, 1.807) is 13.0 Å². The Hall–Kier alpha value is -0.560. The highest BCUT2D eigenvalue weighted by molar-refractivity contribution is 5.10. The smallest absolute Gasteiger partial charge is 0.186 e. The van der Waals surface area contributed by atoms with E-state index in [4.69, 9.17) is 14.2 Å². The molecule has 0 bridgehead atoms. The highest BCUT2D eigenvalue weighted by Crippen LogP contribution is 2.48. The zero-order valence-corrected chi connectivity index (χ0v) is 17.4. The summed E-state index contributed by atoms with van der Waals surface area (Å²) in [6.45, 7) is 6.32. The van der Waals surface area contributed by atoms with Gasteiger partial charge in [0, 0.05) is 12.5 Å². The summed E-state index contributed by atoms with van der Waals surface area (Å²) in [5.41, 5.74) is -1.52. The van der Waals surface area contributed by atoms with Crippen molar-refractivity contribution in [1.29, 1.82) is 0 Å². The summed E-state index contributed by atoms with van der Waals surface area (Å²) in [5, 5.41) is 9.71. The van der Waals surface area contributed by atoms with E-state index in [0.717, 1.165) is 32.1 Å². The maximum absolute atomic E-state index is 15.5. The van der Waals surface area contributed by atoms with Gasteiger partial charge in [-0.2, -0.15) is 0 Å². The second-order valence-electron chi connectivity index (χ2n) is 9.00. The topological polar surface area (TPSA) is 47.9 Å². The third-order valence-corrected chi connectivity index (χ3v) is 6.65. The van der Waals surface area contributed by atoms with Gasteiger partial charge >= 0.3 is 0 Å². The van der Waals surface area contributed by atoms with Crippen LogP contribution in [0.5, 0.6) is 0 Å². The average Bonchev–Trinajstić information content (AvgIpc) is 3.12. The zero-order chi connectivity index (χ0) is 20.3. The molecule has 0 aromatic carbocycles. The van der Waals surface area contributed by atoms with Crippen LogP contribution in [0.4, 0.5) is 8.78 Å². The number of fused-ring (bicyclic) bond motifs is 1. The van der Waals surface area contributed by atoms with Crippen LogP contribution >= 0.6 is 0 Å². The summed E-state index contributed by atoms with van der Waals surface area (Å²) in [7, 11) is 0. The lowest BCUT2D eigenvalue weighted by Crippen LogP contribution is -2.40. The second-order valence-corrected chi connectivity index (χ2v) is 9.00. The van der Waals surface area contributed by atoms with Gasteiger partial charge in [0.2, 0.25) is 0 Å². The van der Waals surface area contributed by atoms with Gasteiger partial charge in [0.05, 0.1) is 6.10 Å². The van der Waals surface area contributed by atoms with Crippen LogP contribution in [0.3, 0.4) is 0 Å². The summed E-state index contributed by atoms with van der Waals surface area (Å²) < 4.78 is 47.0. The van der Waals surface area contributed by atoms with Gasteiger partial charge in [-0.25, -0.2) is 8.78 Å². The maximum Gasteiger partial charge on any atom is 0.186 e. The van der Waals surface area contributed by atoms with Gasteiger partial charge in [-0.05, 0) is 50.9 Å². The Balaban J connectivity index is 1.73. The predicted octanol–water partition coefficient (Wildman–Crippen LogP) is 4.70. The van der Waals surface area contributed by atoms with Crippen molar-refractivity contribution in [1.82, 2.24) is 0 Å². The van der Waals surface area contributed by atoms with Crippen LogP contribution in [0.25, 0.3) is 0 Å². The number of ether oxygens (including phenoxy) is 3. The Morgan fingerprint density at radius 1 is 1.36 bits per heavy atom. The number of hydrogen-bond acceptors (Lipinski definition) is 4. The predicted molar refractivity (Wildman–Crippen MR) is 103 cm³/mol. The highest BCUT2D eigenvalue weighted by atomic mass is 19.1. The van der Waals surface area contributed by atoms with E-state index >= 15 is 4.39 Å². The fourth-order valence-electron chi connectivity index (χ4n) is 4.90. The molecule has 28 heavy (non-hydrogen) atoms. The number of rotatable bonds is 8. The Bertz CT molecular complexity index is 521. The lowest BCUT2D eigenvalue weighted by molar-refractivity contribution is -0.201. The van der Waals surface area contributed by atoms with E-state index in [2.05, 4.69) is 6.92 Å². The van der Waals surface area contributed by atoms with Crippen molar-refractivity contribution in [3.63, 3.8) is 0 Å². The van der Waals surface area contributed by atoms with Crippen molar-refractivity contribution >= 4 is 0 Å². The molecule has 0 aromatic rings. The number of aliphatic hydroxyl groups is 1. The van der Waals surface area contributed by atoms with Crippen LogP contribution in [0.2, 0.25) is 0 Å². The first-order valence-corrected chi connectivity index (χ1v) is 11.0. The summed E-state index contributed by atoms with van der Waals surface area (Å²) in [6, 6.07) is 0. The highest BCUT2D eigenvalue weighted by Gasteiger charge is 2.53. The number of unbranched alkanes of at least 4 members (excludes halogenated alkanes) is 1. The molecule has 3 fully saturated rings. The molecule has 0 amide bonds. The molecule has 0 aromatic heterocycles. The van der Waals surface area contributed by atoms with Gasteiger partial charge in [0.25, 0.3) is 0 Å². The van der Waals surface area contributed by atoms with Crippen molar-refractivity contribution in [2.45, 2.75) is 102 Å². The molecule has 1 aliphatic carbocycles. The van der Waals surface area contributed by atoms with E-state index in [9.17, 15) is 9.50 Å². The minimum absolute atomic E-state index is 0.0995. The van der Waals surface area contributed by atoms with E-state index in [1.807, 2.05) is 13.0 Å². The number of allylic oxidation sites excluding steroid dienone is 1. The molecule has 3 rings (SSSR count). The first kappa shape index (κ1) is 22.1. The molecule has 1 saturated carbocycles. The third kappa shape index (κ3) is 4.94. The minimum Gasteiger partial charge on any atom is -0.366 e. The van der Waals surface area contributed by atoms with Crippen LogP contribution < -0.4 is 0 Å². The van der Waals surface area contributed by atoms with Crippen molar-refractivity contribution in [2.24, 2.45) is 17.8 Å². The standard InChI is InChI=1S/C22H36F2O4/c1-4-5-11-22(3,24)17(28-18-8-6-7-12-26-18)10-9-15-14(2)13-16-19(15)20(23)21(25)27-16/h9-10,14-21,25H,4-8,11-13H2,1-3H3/b10-9+/t14-,15+,16+,17?,18?,19-,20+,21?,22?/m0/s1. The van der Waals surface area contributed by atoms with Crippen LogP contribution in [0, 0.1) is 17.8 Å². The minimum atomic E-state index is -1.52. The largest absolute Gasteiger partial charge is 0.366 e. The van der Waals surface area contributed by atoms with Crippen molar-refractivity contribution < 1.29 is 28.1 Å². The number of alkyl halides is 2. The van der Waals surface area contributed by atoms with E-state index in [0.29, 0.717) is 19.4 Å². The summed E-state index contributed by atoms with van der Waals surface area (Å²) in [4.78, 5) is 0. The fraction of sp³-hybridized carbons (Fsp3) is 0.909. The van der Waals surface area contributed by atoms with Crippen LogP contribution in [0.15, 0.2) is 12.2 Å². The Kier molecular flexibility index (Phi) is 7.51. The van der Waals surface area contributed by atoms with Crippen LogP contribution in [0.1, 0.15) is 65.7 Å². The summed E-state index contributed by atoms with van der Waals surface area (Å²) in [5.74, 6) is -0.267. The molecule has 2 heterocycles. The van der Waals surface area contributed by atoms with Gasteiger partial charge in [0.15, 0.2) is 18.8 Å². The monoisotopic (exact) mass is 402 g/mol. The van der Waals surface area contributed by atoms with Crippen molar-refractivity contribution in [2.75, 3.05) is 6.61 Å². The molecule has 9 atom stereocenters. The molecule has 2 aliphatic heterocycles. The Labute approximate surface area is 167 Å². The Morgan fingerprint density at radius 2 is 2.14 bits per heavy atom. The molecule has 3 aliphatic rings. The lowest BCUT2D eigenvalue weighted by Gasteiger charge is -2.33. The SMILES string of the molecule is CCCCC(C)(F)C(/C=C/[C@H]1[C@H]2[C@@H](C[C@@H]1C)OC(O)[C@@H]2F)OC1CCCCO1. The summed E-state index contributed by atoms with van der Waals surface area (Å²) >= 11 is 0. The number of halogens is 2. The van der Waals surface area contributed by atoms with Gasteiger partial charge < -0.3 is 19.3 Å². The first-order valence-electron chi connectivity index (χ1n) is 11.0. The zero-order valence-electron chi connectivity index (χ0n) is 17.4. The maximum atomic E-state index is 15.5. The fourth-order valence-corrected chi connectivity index (χ4v) is 4.90. The van der Waals surface area contributed by atoms with Gasteiger partial charge in [0.1, 0.15) is 11.8 Å². The molecule has 6 heteroatoms. The quantitative estimate of drug-likeness (QED) is 0.598. The molecular weight excluding hydrogens is 366 g/mol. The van der Waals surface area contributed by atoms with Crippen molar-refractivity contribution in [3.8, 4) is 0 Å². The molecule has 2 saturated heterocycles. The molecule has 1 N–H and O–H groups in total. The molecule has 0 radical (unpaired) electrons. The van der Waals surface area contributed by atoms with Crippen LogP contribution in [-0.4, -0.2) is 48.3 Å². The Morgan fingerprint density at radius 3 is 2.82 bits per heavy atom. The molecule has 162 valence electrons. The normalized spacial score (nSPS) is 41.9. The summed E-state index contributed by atoms with van der Waals surface area (Å²) in [6.07, 6.45) is 5.13. The number of hydrogen-bond donors (Lipinski definition) is 1. The van der Waals surface area contributed by atoms with Gasteiger partial charge in [-0.1, -0.05) is 38.8 Å². The first-order chi connectivity index (χ1) is 13.3.